The van der Waals surface area contributed by atoms with Gasteiger partial charge in [0.1, 0.15) is 6.54 Å². The van der Waals surface area contributed by atoms with Crippen LogP contribution in [0.3, 0.4) is 0 Å². The van der Waals surface area contributed by atoms with Crippen LogP contribution in [0.15, 0.2) is 24.5 Å². The summed E-state index contributed by atoms with van der Waals surface area (Å²) < 4.78 is 11.8. The molecule has 0 saturated carbocycles. The minimum absolute atomic E-state index is 0.421. The molecule has 7 nitrogen and oxygen atoms in total. The summed E-state index contributed by atoms with van der Waals surface area (Å²) in [6.07, 6.45) is 3.00. The van der Waals surface area contributed by atoms with E-state index in [1.165, 1.54) is 12.4 Å². The lowest BCUT2D eigenvalue weighted by molar-refractivity contribution is -0.114. The second-order valence-corrected chi connectivity index (χ2v) is 4.74. The summed E-state index contributed by atoms with van der Waals surface area (Å²) in [6.45, 7) is -0.481. The Morgan fingerprint density at radius 2 is 2.25 bits per heavy atom. The standard InChI is InChI=1S/C8H8N3O4P/c12-7(16(13,14)15)5-11-8-6(4-10-11)2-1-3-9-8/h1-4H,5H2,(H2,13,14,15). The fourth-order valence-electron chi connectivity index (χ4n) is 1.25. The number of carbonyl (C=O) groups excluding carboxylic acids is 1. The zero-order valence-corrected chi connectivity index (χ0v) is 8.91. The molecule has 0 spiro atoms. The fraction of sp³-hybridized carbons (Fsp3) is 0.125. The van der Waals surface area contributed by atoms with E-state index >= 15 is 0 Å². The van der Waals surface area contributed by atoms with Gasteiger partial charge < -0.3 is 9.79 Å². The molecule has 16 heavy (non-hydrogen) atoms. The van der Waals surface area contributed by atoms with Crippen molar-refractivity contribution in [2.24, 2.45) is 0 Å². The van der Waals surface area contributed by atoms with E-state index in [0.29, 0.717) is 11.0 Å². The molecule has 84 valence electrons. The molecule has 0 unspecified atom stereocenters. The first-order chi connectivity index (χ1) is 7.48. The van der Waals surface area contributed by atoms with E-state index in [2.05, 4.69) is 10.1 Å². The molecule has 2 N–H and O–H groups in total. The lowest BCUT2D eigenvalue weighted by atomic mass is 10.4. The van der Waals surface area contributed by atoms with E-state index in [1.807, 2.05) is 0 Å². The Hall–Kier alpha value is -1.56. The van der Waals surface area contributed by atoms with Crippen LogP contribution in [-0.2, 0) is 15.9 Å². The van der Waals surface area contributed by atoms with Crippen LogP contribution in [0, 0.1) is 0 Å². The molecule has 0 radical (unpaired) electrons. The highest BCUT2D eigenvalue weighted by Gasteiger charge is 2.26. The van der Waals surface area contributed by atoms with Crippen molar-refractivity contribution in [2.45, 2.75) is 6.54 Å². The largest absolute Gasteiger partial charge is 0.393 e. The average molecular weight is 241 g/mol. The number of aromatic nitrogens is 3. The van der Waals surface area contributed by atoms with Gasteiger partial charge in [0.15, 0.2) is 5.65 Å². The van der Waals surface area contributed by atoms with Gasteiger partial charge in [-0.1, -0.05) is 0 Å². The van der Waals surface area contributed by atoms with Crippen molar-refractivity contribution in [3.8, 4) is 0 Å². The van der Waals surface area contributed by atoms with Crippen LogP contribution < -0.4 is 0 Å². The predicted molar refractivity (Wildman–Crippen MR) is 54.6 cm³/mol. The highest BCUT2D eigenvalue weighted by molar-refractivity contribution is 7.70. The summed E-state index contributed by atoms with van der Waals surface area (Å²) in [4.78, 5) is 32.4. The molecule has 0 fully saturated rings. The smallest absolute Gasteiger partial charge is 0.319 e. The van der Waals surface area contributed by atoms with Crippen LogP contribution in [0.1, 0.15) is 0 Å². The van der Waals surface area contributed by atoms with Crippen molar-refractivity contribution in [2.75, 3.05) is 0 Å². The second-order valence-electron chi connectivity index (χ2n) is 3.16. The summed E-state index contributed by atoms with van der Waals surface area (Å²) in [6, 6.07) is 3.45. The number of carbonyl (C=O) groups is 1. The molecule has 2 aromatic heterocycles. The molecule has 0 aliphatic rings. The number of hydrogen-bond acceptors (Lipinski definition) is 4. The van der Waals surface area contributed by atoms with Gasteiger partial charge in [-0.3, -0.25) is 9.36 Å². The average Bonchev–Trinajstić information content (AvgIpc) is 2.61. The first-order valence-electron chi connectivity index (χ1n) is 4.34. The summed E-state index contributed by atoms with van der Waals surface area (Å²) in [5.41, 5.74) is -0.757. The molecule has 2 heterocycles. The first-order valence-corrected chi connectivity index (χ1v) is 5.95. The molecule has 0 aliphatic heterocycles. The third-order valence-electron chi connectivity index (χ3n) is 2.01. The van der Waals surface area contributed by atoms with Crippen LogP contribution in [0.2, 0.25) is 0 Å². The number of rotatable bonds is 3. The van der Waals surface area contributed by atoms with E-state index in [0.717, 1.165) is 4.68 Å². The van der Waals surface area contributed by atoms with Gasteiger partial charge in [-0.2, -0.15) is 5.10 Å². The van der Waals surface area contributed by atoms with Gasteiger partial charge in [0.25, 0.3) is 5.52 Å². The molecular weight excluding hydrogens is 233 g/mol. The maximum absolute atomic E-state index is 11.1. The van der Waals surface area contributed by atoms with Crippen molar-refractivity contribution >= 4 is 24.2 Å². The Bertz CT molecular complexity index is 588. The third kappa shape index (κ3) is 2.01. The van der Waals surface area contributed by atoms with Crippen molar-refractivity contribution in [1.82, 2.24) is 14.8 Å². The quantitative estimate of drug-likeness (QED) is 0.740. The molecule has 8 heteroatoms. The van der Waals surface area contributed by atoms with Gasteiger partial charge in [0.2, 0.25) is 0 Å². The molecule has 0 amide bonds. The molecule has 0 bridgehead atoms. The maximum atomic E-state index is 11.1. The van der Waals surface area contributed by atoms with E-state index in [1.54, 1.807) is 12.1 Å². The predicted octanol–water partition coefficient (Wildman–Crippen LogP) is 0.136. The molecule has 2 rings (SSSR count). The Morgan fingerprint density at radius 3 is 2.94 bits per heavy atom. The molecule has 0 aromatic carbocycles. The Balaban J connectivity index is 2.36. The zero-order chi connectivity index (χ0) is 11.8. The summed E-state index contributed by atoms with van der Waals surface area (Å²) in [7, 11) is -4.70. The molecular formula is C8H8N3O4P. The lowest BCUT2D eigenvalue weighted by Gasteiger charge is -2.03. The van der Waals surface area contributed by atoms with E-state index in [4.69, 9.17) is 9.79 Å². The summed E-state index contributed by atoms with van der Waals surface area (Å²) in [5, 5.41) is 4.55. The fourth-order valence-corrected chi connectivity index (χ4v) is 1.57. The van der Waals surface area contributed by atoms with Gasteiger partial charge in [-0.15, -0.1) is 0 Å². The van der Waals surface area contributed by atoms with E-state index in [-0.39, 0.29) is 0 Å². The third-order valence-corrected chi connectivity index (χ3v) is 2.80. The number of pyridine rings is 1. The summed E-state index contributed by atoms with van der Waals surface area (Å²) >= 11 is 0. The van der Waals surface area contributed by atoms with Gasteiger partial charge in [-0.25, -0.2) is 9.67 Å². The van der Waals surface area contributed by atoms with Crippen molar-refractivity contribution in [3.05, 3.63) is 24.5 Å². The van der Waals surface area contributed by atoms with Gasteiger partial charge in [0, 0.05) is 11.6 Å². The monoisotopic (exact) mass is 241 g/mol. The second kappa shape index (κ2) is 3.79. The maximum Gasteiger partial charge on any atom is 0.393 e. The Labute approximate surface area is 89.9 Å². The van der Waals surface area contributed by atoms with Crippen molar-refractivity contribution in [3.63, 3.8) is 0 Å². The van der Waals surface area contributed by atoms with Gasteiger partial charge in [0.05, 0.1) is 6.20 Å². The molecule has 0 saturated heterocycles. The van der Waals surface area contributed by atoms with E-state index < -0.39 is 19.7 Å². The SMILES string of the molecule is O=C(Cn1ncc2cccnc21)P(=O)(O)O. The topological polar surface area (TPSA) is 105 Å². The molecule has 0 aliphatic carbocycles. The first kappa shape index (κ1) is 10.9. The zero-order valence-electron chi connectivity index (χ0n) is 8.02. The van der Waals surface area contributed by atoms with E-state index in [9.17, 15) is 9.36 Å². The number of hydrogen-bond donors (Lipinski definition) is 2. The van der Waals surface area contributed by atoms with Gasteiger partial charge in [-0.05, 0) is 12.1 Å². The van der Waals surface area contributed by atoms with Crippen molar-refractivity contribution in [1.29, 1.82) is 0 Å². The highest BCUT2D eigenvalue weighted by atomic mass is 31.2. The molecule has 0 atom stereocenters. The van der Waals surface area contributed by atoms with Gasteiger partial charge >= 0.3 is 7.60 Å². The number of nitrogens with zero attached hydrogens (tertiary/aromatic N) is 3. The minimum Gasteiger partial charge on any atom is -0.319 e. The minimum atomic E-state index is -4.70. The van der Waals surface area contributed by atoms with Crippen LogP contribution in [0.4, 0.5) is 0 Å². The highest BCUT2D eigenvalue weighted by Crippen LogP contribution is 2.36. The van der Waals surface area contributed by atoms with Crippen LogP contribution in [-0.4, -0.2) is 30.1 Å². The molecule has 2 aromatic rings. The van der Waals surface area contributed by atoms with Crippen LogP contribution in [0.25, 0.3) is 11.0 Å². The van der Waals surface area contributed by atoms with Crippen molar-refractivity contribution < 1.29 is 19.1 Å². The van der Waals surface area contributed by atoms with Crippen LogP contribution >= 0.6 is 7.60 Å². The Morgan fingerprint density at radius 1 is 1.50 bits per heavy atom. The lowest BCUT2D eigenvalue weighted by Crippen LogP contribution is -2.11. The summed E-state index contributed by atoms with van der Waals surface area (Å²) in [5.74, 6) is 0. The normalized spacial score (nSPS) is 11.9. The number of fused-ring (bicyclic) bond motifs is 1. The van der Waals surface area contributed by atoms with Crippen LogP contribution in [0.5, 0.6) is 0 Å². The Kier molecular flexibility index (Phi) is 2.59.